The van der Waals surface area contributed by atoms with Crippen molar-refractivity contribution in [1.82, 2.24) is 10.3 Å². The van der Waals surface area contributed by atoms with Gasteiger partial charge in [0.15, 0.2) is 5.66 Å². The third-order valence-corrected chi connectivity index (χ3v) is 4.80. The number of anilines is 1. The van der Waals surface area contributed by atoms with Crippen LogP contribution in [0.1, 0.15) is 19.5 Å². The predicted octanol–water partition coefficient (Wildman–Crippen LogP) is 4.60. The average Bonchev–Trinajstić information content (AvgIpc) is 2.77. The van der Waals surface area contributed by atoms with Gasteiger partial charge in [0.1, 0.15) is 12.4 Å². The number of hydrogen-bond acceptors (Lipinski definition) is 6. The number of aromatic nitrogens is 1. The highest BCUT2D eigenvalue weighted by molar-refractivity contribution is 5.84. The summed E-state index contributed by atoms with van der Waals surface area (Å²) in [5.41, 5.74) is 0.360. The van der Waals surface area contributed by atoms with Crippen LogP contribution in [0.3, 0.4) is 0 Å². The largest absolute Gasteiger partial charge is 0.456 e. The van der Waals surface area contributed by atoms with E-state index in [4.69, 9.17) is 9.47 Å². The van der Waals surface area contributed by atoms with E-state index in [-0.39, 0.29) is 12.5 Å². The lowest BCUT2D eigenvalue weighted by atomic mass is 9.95. The Morgan fingerprint density at radius 1 is 0.967 bits per heavy atom. The zero-order valence-electron chi connectivity index (χ0n) is 17.5. The molecule has 6 nitrogen and oxygen atoms in total. The number of carbonyl (C=O) groups is 1. The third-order valence-electron chi connectivity index (χ3n) is 4.80. The number of esters is 1. The fraction of sp³-hybridized carbons (Fsp3) is 0.250. The van der Waals surface area contributed by atoms with Crippen LogP contribution in [0.15, 0.2) is 78.9 Å². The first kappa shape index (κ1) is 21.3. The van der Waals surface area contributed by atoms with Crippen LogP contribution in [0.25, 0.3) is 0 Å². The molecule has 0 aliphatic rings. The summed E-state index contributed by atoms with van der Waals surface area (Å²) in [6.45, 7) is 3.96. The van der Waals surface area contributed by atoms with Crippen molar-refractivity contribution in [2.75, 3.05) is 12.4 Å². The normalized spacial score (nSPS) is 12.8. The number of carbonyl (C=O) groups excluding carboxylic acids is 1. The summed E-state index contributed by atoms with van der Waals surface area (Å²) in [7, 11) is 1.74. The number of hydrogen-bond donors (Lipinski definition) is 2. The Morgan fingerprint density at radius 2 is 1.63 bits per heavy atom. The highest BCUT2D eigenvalue weighted by Gasteiger charge is 2.42. The Hall–Kier alpha value is -3.38. The van der Waals surface area contributed by atoms with Crippen molar-refractivity contribution in [2.24, 2.45) is 5.92 Å². The second-order valence-electron chi connectivity index (χ2n) is 7.16. The molecule has 0 aliphatic carbocycles. The molecule has 1 heterocycles. The van der Waals surface area contributed by atoms with Crippen molar-refractivity contribution in [3.63, 3.8) is 0 Å². The molecule has 6 heteroatoms. The molecule has 30 heavy (non-hydrogen) atoms. The van der Waals surface area contributed by atoms with Gasteiger partial charge in [0, 0.05) is 17.7 Å². The quantitative estimate of drug-likeness (QED) is 0.400. The standard InChI is InChI=1S/C24H27N3O3/c1-18(2)24(25-3,27-19-11-6-4-7-12-19)23(28)29-17-20-13-10-16-22(26-20)30-21-14-8-5-9-15-21/h4-16,18,25,27H,17H2,1-3H3. The molecule has 1 atom stereocenters. The highest BCUT2D eigenvalue weighted by Crippen LogP contribution is 2.23. The maximum atomic E-state index is 13.1. The van der Waals surface area contributed by atoms with Crippen molar-refractivity contribution < 1.29 is 14.3 Å². The van der Waals surface area contributed by atoms with E-state index in [0.29, 0.717) is 17.3 Å². The lowest BCUT2D eigenvalue weighted by Crippen LogP contribution is -2.61. The first-order valence-electron chi connectivity index (χ1n) is 9.91. The summed E-state index contributed by atoms with van der Waals surface area (Å²) >= 11 is 0. The maximum Gasteiger partial charge on any atom is 0.347 e. The second-order valence-corrected chi connectivity index (χ2v) is 7.16. The van der Waals surface area contributed by atoms with Crippen LogP contribution in [-0.4, -0.2) is 23.7 Å². The SMILES string of the molecule is CNC(Nc1ccccc1)(C(=O)OCc1cccc(Oc2ccccc2)n1)C(C)C. The van der Waals surface area contributed by atoms with E-state index < -0.39 is 11.6 Å². The zero-order valence-corrected chi connectivity index (χ0v) is 17.5. The van der Waals surface area contributed by atoms with Crippen molar-refractivity contribution in [3.05, 3.63) is 84.6 Å². The first-order chi connectivity index (χ1) is 14.5. The van der Waals surface area contributed by atoms with Crippen molar-refractivity contribution >= 4 is 11.7 Å². The predicted molar refractivity (Wildman–Crippen MR) is 117 cm³/mol. The Labute approximate surface area is 177 Å². The van der Waals surface area contributed by atoms with Crippen LogP contribution < -0.4 is 15.4 Å². The molecule has 0 saturated heterocycles. The van der Waals surface area contributed by atoms with Gasteiger partial charge in [-0.15, -0.1) is 0 Å². The van der Waals surface area contributed by atoms with E-state index in [1.54, 1.807) is 19.2 Å². The first-order valence-corrected chi connectivity index (χ1v) is 9.91. The van der Waals surface area contributed by atoms with Crippen LogP contribution in [0.4, 0.5) is 5.69 Å². The molecule has 3 rings (SSSR count). The van der Waals surface area contributed by atoms with E-state index in [2.05, 4.69) is 15.6 Å². The summed E-state index contributed by atoms with van der Waals surface area (Å²) in [5, 5.41) is 6.40. The summed E-state index contributed by atoms with van der Waals surface area (Å²) in [6, 6.07) is 24.4. The molecule has 1 unspecified atom stereocenters. The van der Waals surface area contributed by atoms with Crippen molar-refractivity contribution in [2.45, 2.75) is 26.1 Å². The van der Waals surface area contributed by atoms with Crippen LogP contribution in [0, 0.1) is 5.92 Å². The van der Waals surface area contributed by atoms with E-state index in [1.165, 1.54) is 0 Å². The van der Waals surface area contributed by atoms with Gasteiger partial charge >= 0.3 is 5.97 Å². The number of ether oxygens (including phenoxy) is 2. The second kappa shape index (κ2) is 9.89. The van der Waals surface area contributed by atoms with Gasteiger partial charge in [-0.05, 0) is 37.4 Å². The van der Waals surface area contributed by atoms with E-state index in [9.17, 15) is 4.79 Å². The molecule has 0 aliphatic heterocycles. The number of benzene rings is 2. The van der Waals surface area contributed by atoms with Crippen molar-refractivity contribution in [1.29, 1.82) is 0 Å². The molecule has 0 amide bonds. The molecule has 3 aromatic rings. The molecule has 2 aromatic carbocycles. The molecule has 2 N–H and O–H groups in total. The Kier molecular flexibility index (Phi) is 7.03. The molecule has 0 spiro atoms. The Morgan fingerprint density at radius 3 is 2.27 bits per heavy atom. The number of rotatable bonds is 9. The van der Waals surface area contributed by atoms with Crippen LogP contribution >= 0.6 is 0 Å². The van der Waals surface area contributed by atoms with E-state index in [1.807, 2.05) is 80.6 Å². The molecule has 0 bridgehead atoms. The van der Waals surface area contributed by atoms with Crippen LogP contribution in [0.5, 0.6) is 11.6 Å². The number of likely N-dealkylation sites (N-methyl/N-ethyl adjacent to an activating group) is 1. The van der Waals surface area contributed by atoms with Gasteiger partial charge in [-0.25, -0.2) is 9.78 Å². The minimum absolute atomic E-state index is 0.0391. The summed E-state index contributed by atoms with van der Waals surface area (Å²) < 4.78 is 11.4. The molecular formula is C24H27N3O3. The number of para-hydroxylation sites is 2. The molecule has 0 saturated carbocycles. The van der Waals surface area contributed by atoms with E-state index in [0.717, 1.165) is 5.69 Å². The summed E-state index contributed by atoms with van der Waals surface area (Å²) in [6.07, 6.45) is 0. The molecule has 1 aromatic heterocycles. The maximum absolute atomic E-state index is 13.1. The molecule has 0 fully saturated rings. The number of nitrogens with zero attached hydrogens (tertiary/aromatic N) is 1. The minimum Gasteiger partial charge on any atom is -0.456 e. The van der Waals surface area contributed by atoms with Crippen LogP contribution in [0.2, 0.25) is 0 Å². The van der Waals surface area contributed by atoms with Crippen molar-refractivity contribution in [3.8, 4) is 11.6 Å². The summed E-state index contributed by atoms with van der Waals surface area (Å²) in [4.78, 5) is 17.5. The number of nitrogens with one attached hydrogen (secondary N) is 2. The van der Waals surface area contributed by atoms with Gasteiger partial charge < -0.3 is 14.8 Å². The highest BCUT2D eigenvalue weighted by atomic mass is 16.5. The lowest BCUT2D eigenvalue weighted by Gasteiger charge is -2.36. The fourth-order valence-corrected chi connectivity index (χ4v) is 3.09. The van der Waals surface area contributed by atoms with Gasteiger partial charge in [-0.2, -0.15) is 0 Å². The van der Waals surface area contributed by atoms with E-state index >= 15 is 0 Å². The number of pyridine rings is 1. The van der Waals surface area contributed by atoms with Gasteiger partial charge in [0.25, 0.3) is 0 Å². The Balaban J connectivity index is 1.70. The zero-order chi connectivity index (χ0) is 21.4. The van der Waals surface area contributed by atoms with Gasteiger partial charge in [-0.3, -0.25) is 5.32 Å². The monoisotopic (exact) mass is 405 g/mol. The smallest absolute Gasteiger partial charge is 0.347 e. The molecule has 156 valence electrons. The topological polar surface area (TPSA) is 72.5 Å². The fourth-order valence-electron chi connectivity index (χ4n) is 3.09. The van der Waals surface area contributed by atoms with Gasteiger partial charge in [0.05, 0.1) is 5.69 Å². The average molecular weight is 405 g/mol. The Bertz CT molecular complexity index is 948. The van der Waals surface area contributed by atoms with Gasteiger partial charge in [0.2, 0.25) is 5.88 Å². The summed E-state index contributed by atoms with van der Waals surface area (Å²) in [5.74, 6) is 0.664. The third kappa shape index (κ3) is 5.15. The van der Waals surface area contributed by atoms with Crippen LogP contribution in [-0.2, 0) is 16.1 Å². The van der Waals surface area contributed by atoms with Gasteiger partial charge in [-0.1, -0.05) is 56.3 Å². The lowest BCUT2D eigenvalue weighted by molar-refractivity contribution is -0.153. The molecular weight excluding hydrogens is 378 g/mol. The minimum atomic E-state index is -1.07. The molecule has 0 radical (unpaired) electrons.